The van der Waals surface area contributed by atoms with Gasteiger partial charge in [-0.2, -0.15) is 0 Å². The number of halogens is 2. The average Bonchev–Trinajstić information content (AvgIpc) is 2.32. The predicted octanol–water partition coefficient (Wildman–Crippen LogP) is 2.51. The van der Waals surface area contributed by atoms with Gasteiger partial charge in [-0.05, 0) is 31.6 Å². The fourth-order valence-corrected chi connectivity index (χ4v) is 3.00. The van der Waals surface area contributed by atoms with E-state index in [4.69, 9.17) is 0 Å². The number of nitrogens with zero attached hydrogens (tertiary/aromatic N) is 1. The maximum Gasteiger partial charge on any atom is 0.251 e. The highest BCUT2D eigenvalue weighted by molar-refractivity contribution is 4.94. The van der Waals surface area contributed by atoms with Crippen LogP contribution in [0.5, 0.6) is 0 Å². The van der Waals surface area contributed by atoms with Gasteiger partial charge in [0.05, 0.1) is 6.54 Å². The molecule has 2 atom stereocenters. The van der Waals surface area contributed by atoms with Crippen LogP contribution in [-0.2, 0) is 0 Å². The highest BCUT2D eigenvalue weighted by Crippen LogP contribution is 2.38. The summed E-state index contributed by atoms with van der Waals surface area (Å²) in [4.78, 5) is 2.05. The van der Waals surface area contributed by atoms with Crippen molar-refractivity contribution < 1.29 is 8.78 Å². The fraction of sp³-hybridized carbons (Fsp3) is 1.00. The quantitative estimate of drug-likeness (QED) is 0.645. The van der Waals surface area contributed by atoms with Crippen molar-refractivity contribution in [1.82, 2.24) is 4.90 Å². The Morgan fingerprint density at radius 1 is 1.23 bits per heavy atom. The van der Waals surface area contributed by atoms with Crippen molar-refractivity contribution >= 4 is 0 Å². The molecule has 3 heteroatoms. The summed E-state index contributed by atoms with van der Waals surface area (Å²) in [6.45, 7) is 2.24. The number of alkyl halides is 2. The topological polar surface area (TPSA) is 3.24 Å². The smallest absolute Gasteiger partial charge is 0.251 e. The van der Waals surface area contributed by atoms with Crippen LogP contribution in [0, 0.1) is 5.92 Å². The molecule has 2 bridgehead atoms. The molecule has 0 radical (unpaired) electrons. The predicted molar refractivity (Wildman–Crippen MR) is 47.9 cm³/mol. The molecule has 0 spiro atoms. The molecule has 2 unspecified atom stereocenters. The molecule has 2 aliphatic rings. The van der Waals surface area contributed by atoms with Gasteiger partial charge in [0.2, 0.25) is 0 Å². The maximum atomic E-state index is 12.2. The van der Waals surface area contributed by atoms with Crippen LogP contribution in [-0.4, -0.2) is 30.0 Å². The normalized spacial score (nSPS) is 40.2. The number of hydrogen-bond donors (Lipinski definition) is 0. The Morgan fingerprint density at radius 3 is 2.23 bits per heavy atom. The van der Waals surface area contributed by atoms with Crippen molar-refractivity contribution in [3.8, 4) is 0 Å². The SMILES string of the molecule is CC1CC2CCC(C1)N2CC(F)F. The lowest BCUT2D eigenvalue weighted by molar-refractivity contribution is 0.0327. The molecule has 0 amide bonds. The van der Waals surface area contributed by atoms with Crippen molar-refractivity contribution in [2.45, 2.75) is 51.1 Å². The van der Waals surface area contributed by atoms with Gasteiger partial charge >= 0.3 is 0 Å². The van der Waals surface area contributed by atoms with Crippen molar-refractivity contribution in [2.75, 3.05) is 6.54 Å². The molecular weight excluding hydrogens is 172 g/mol. The number of fused-ring (bicyclic) bond motifs is 2. The van der Waals surface area contributed by atoms with Crippen LogP contribution in [0.3, 0.4) is 0 Å². The van der Waals surface area contributed by atoms with Crippen LogP contribution in [0.4, 0.5) is 8.78 Å². The highest BCUT2D eigenvalue weighted by atomic mass is 19.3. The minimum atomic E-state index is -2.16. The van der Waals surface area contributed by atoms with Gasteiger partial charge in [0, 0.05) is 12.1 Å². The Labute approximate surface area is 78.1 Å². The molecule has 0 aliphatic carbocycles. The summed E-state index contributed by atoms with van der Waals surface area (Å²) in [6.07, 6.45) is 2.38. The van der Waals surface area contributed by atoms with E-state index in [9.17, 15) is 8.78 Å². The zero-order valence-electron chi connectivity index (χ0n) is 8.05. The van der Waals surface area contributed by atoms with Gasteiger partial charge in [-0.15, -0.1) is 0 Å². The molecule has 1 nitrogen and oxygen atoms in total. The number of piperidine rings is 1. The summed E-state index contributed by atoms with van der Waals surface area (Å²) >= 11 is 0. The minimum Gasteiger partial charge on any atom is -0.292 e. The molecule has 2 aliphatic heterocycles. The first-order chi connectivity index (χ1) is 6.16. The van der Waals surface area contributed by atoms with Gasteiger partial charge in [-0.1, -0.05) is 6.92 Å². The van der Waals surface area contributed by atoms with E-state index in [1.807, 2.05) is 4.90 Å². The summed E-state index contributed by atoms with van der Waals surface area (Å²) in [5, 5.41) is 0. The van der Waals surface area contributed by atoms with Crippen LogP contribution in [0.1, 0.15) is 32.6 Å². The van der Waals surface area contributed by atoms with Crippen molar-refractivity contribution in [3.63, 3.8) is 0 Å². The van der Waals surface area contributed by atoms with E-state index in [2.05, 4.69) is 6.92 Å². The molecule has 0 aromatic carbocycles. The van der Waals surface area contributed by atoms with Crippen LogP contribution < -0.4 is 0 Å². The molecule has 13 heavy (non-hydrogen) atoms. The summed E-state index contributed by atoms with van der Waals surface area (Å²) in [6, 6.07) is 0.922. The fourth-order valence-electron chi connectivity index (χ4n) is 3.00. The van der Waals surface area contributed by atoms with Gasteiger partial charge in [0.15, 0.2) is 0 Å². The molecular formula is C10H17F2N. The van der Waals surface area contributed by atoms with Crippen LogP contribution in [0.25, 0.3) is 0 Å². The molecule has 2 fully saturated rings. The molecule has 0 N–H and O–H groups in total. The Balaban J connectivity index is 1.98. The van der Waals surface area contributed by atoms with Gasteiger partial charge in [0.25, 0.3) is 6.43 Å². The minimum absolute atomic E-state index is 0.00204. The molecule has 76 valence electrons. The summed E-state index contributed by atoms with van der Waals surface area (Å²) in [5.74, 6) is 0.742. The lowest BCUT2D eigenvalue weighted by atomic mass is 9.92. The molecule has 0 saturated carbocycles. The van der Waals surface area contributed by atoms with Crippen LogP contribution >= 0.6 is 0 Å². The first-order valence-electron chi connectivity index (χ1n) is 5.20. The van der Waals surface area contributed by atoms with Gasteiger partial charge in [0.1, 0.15) is 0 Å². The second-order valence-electron chi connectivity index (χ2n) is 4.55. The second-order valence-corrected chi connectivity index (χ2v) is 4.55. The largest absolute Gasteiger partial charge is 0.292 e. The van der Waals surface area contributed by atoms with E-state index in [1.165, 1.54) is 0 Å². The lowest BCUT2D eigenvalue weighted by Gasteiger charge is -2.37. The number of rotatable bonds is 2. The Hall–Kier alpha value is -0.180. The molecule has 2 heterocycles. The average molecular weight is 189 g/mol. The van der Waals surface area contributed by atoms with E-state index in [0.717, 1.165) is 31.6 Å². The zero-order valence-corrected chi connectivity index (χ0v) is 8.05. The summed E-state index contributed by atoms with van der Waals surface area (Å²) < 4.78 is 24.5. The van der Waals surface area contributed by atoms with Crippen molar-refractivity contribution in [3.05, 3.63) is 0 Å². The molecule has 0 aromatic heterocycles. The Bertz CT molecular complexity index is 170. The zero-order chi connectivity index (χ0) is 9.42. The Morgan fingerprint density at radius 2 is 1.77 bits per heavy atom. The third kappa shape index (κ3) is 1.85. The monoisotopic (exact) mass is 189 g/mol. The Kier molecular flexibility index (Phi) is 2.54. The standard InChI is InChI=1S/C10H17F2N/c1-7-4-8-2-3-9(5-7)13(8)6-10(11)12/h7-10H,2-6H2,1H3. The first kappa shape index (κ1) is 9.38. The van der Waals surface area contributed by atoms with Crippen molar-refractivity contribution in [2.24, 2.45) is 5.92 Å². The third-order valence-corrected chi connectivity index (χ3v) is 3.47. The molecule has 2 rings (SSSR count). The number of hydrogen-bond acceptors (Lipinski definition) is 1. The third-order valence-electron chi connectivity index (χ3n) is 3.47. The highest BCUT2D eigenvalue weighted by Gasteiger charge is 2.39. The van der Waals surface area contributed by atoms with Gasteiger partial charge in [-0.25, -0.2) is 8.78 Å². The van der Waals surface area contributed by atoms with E-state index in [0.29, 0.717) is 12.1 Å². The first-order valence-corrected chi connectivity index (χ1v) is 5.20. The van der Waals surface area contributed by atoms with Crippen LogP contribution in [0.2, 0.25) is 0 Å². The molecule has 2 saturated heterocycles. The van der Waals surface area contributed by atoms with Crippen molar-refractivity contribution in [1.29, 1.82) is 0 Å². The van der Waals surface area contributed by atoms with E-state index < -0.39 is 6.43 Å². The summed E-state index contributed by atoms with van der Waals surface area (Å²) in [5.41, 5.74) is 0. The lowest BCUT2D eigenvalue weighted by Crippen LogP contribution is -2.44. The van der Waals surface area contributed by atoms with Gasteiger partial charge in [-0.3, -0.25) is 4.90 Å². The van der Waals surface area contributed by atoms with E-state index in [1.54, 1.807) is 0 Å². The van der Waals surface area contributed by atoms with E-state index >= 15 is 0 Å². The van der Waals surface area contributed by atoms with Gasteiger partial charge < -0.3 is 0 Å². The van der Waals surface area contributed by atoms with E-state index in [-0.39, 0.29) is 6.54 Å². The molecule has 0 aromatic rings. The van der Waals surface area contributed by atoms with Crippen LogP contribution in [0.15, 0.2) is 0 Å². The summed E-state index contributed by atoms with van der Waals surface area (Å²) in [7, 11) is 0. The maximum absolute atomic E-state index is 12.2. The second kappa shape index (κ2) is 3.52.